The van der Waals surface area contributed by atoms with E-state index >= 15 is 0 Å². The van der Waals surface area contributed by atoms with Crippen LogP contribution in [0, 0.1) is 17.2 Å². The minimum Gasteiger partial charge on any atom is -0.493 e. The average molecular weight is 392 g/mol. The van der Waals surface area contributed by atoms with E-state index in [-0.39, 0.29) is 24.5 Å². The van der Waals surface area contributed by atoms with E-state index < -0.39 is 0 Å². The number of hydrogen-bond acceptors (Lipinski definition) is 4. The number of nitriles is 1. The van der Waals surface area contributed by atoms with Crippen molar-refractivity contribution in [1.82, 2.24) is 5.32 Å². The van der Waals surface area contributed by atoms with E-state index in [0.29, 0.717) is 11.5 Å². The molecule has 0 aliphatic rings. The predicted molar refractivity (Wildman–Crippen MR) is 115 cm³/mol. The van der Waals surface area contributed by atoms with Gasteiger partial charge in [-0.25, -0.2) is 0 Å². The topological polar surface area (TPSA) is 71.3 Å². The monoisotopic (exact) mass is 392 g/mol. The van der Waals surface area contributed by atoms with Crippen LogP contribution in [0.5, 0.6) is 11.5 Å². The first-order valence-electron chi connectivity index (χ1n) is 9.73. The molecule has 152 valence electrons. The van der Waals surface area contributed by atoms with Crippen molar-refractivity contribution >= 4 is 12.0 Å². The summed E-state index contributed by atoms with van der Waals surface area (Å²) < 4.78 is 10.6. The van der Waals surface area contributed by atoms with Gasteiger partial charge in [0.05, 0.1) is 13.2 Å². The zero-order valence-corrected chi connectivity index (χ0v) is 17.4. The quantitative estimate of drug-likeness (QED) is 0.629. The van der Waals surface area contributed by atoms with Crippen molar-refractivity contribution < 1.29 is 14.3 Å². The Morgan fingerprint density at radius 1 is 1.17 bits per heavy atom. The molecule has 2 aromatic carbocycles. The third-order valence-corrected chi connectivity index (χ3v) is 4.62. The Morgan fingerprint density at radius 2 is 1.90 bits per heavy atom. The molecule has 1 amide bonds. The zero-order valence-electron chi connectivity index (χ0n) is 17.4. The van der Waals surface area contributed by atoms with Gasteiger partial charge in [0.2, 0.25) is 5.91 Å². The Hall–Kier alpha value is -3.26. The number of rotatable bonds is 9. The van der Waals surface area contributed by atoms with Crippen LogP contribution < -0.4 is 14.8 Å². The maximum Gasteiger partial charge on any atom is 0.244 e. The summed E-state index contributed by atoms with van der Waals surface area (Å²) >= 11 is 0. The van der Waals surface area contributed by atoms with Gasteiger partial charge < -0.3 is 14.8 Å². The molecule has 0 bridgehead atoms. The number of methoxy groups -OCH3 is 1. The highest BCUT2D eigenvalue weighted by Crippen LogP contribution is 2.28. The normalized spacial score (nSPS) is 11.9. The second-order valence-electron chi connectivity index (χ2n) is 7.02. The van der Waals surface area contributed by atoms with Crippen LogP contribution in [0.25, 0.3) is 6.08 Å². The van der Waals surface area contributed by atoms with Crippen LogP contribution in [0.4, 0.5) is 0 Å². The molecule has 0 heterocycles. The molecule has 5 nitrogen and oxygen atoms in total. The lowest BCUT2D eigenvalue weighted by Gasteiger charge is -2.22. The summed E-state index contributed by atoms with van der Waals surface area (Å²) in [6.07, 6.45) is 4.23. The standard InChI is InChI=1S/C24H28N2O3/c1-5-18-6-10-20(11-7-18)24(17(2)3)26-23(27)13-9-19-8-12-21(29-15-14-25)22(16-19)28-4/h6-13,16-17,24H,5,15H2,1-4H3,(H,26,27)/b13-9+. The third-order valence-electron chi connectivity index (χ3n) is 4.62. The summed E-state index contributed by atoms with van der Waals surface area (Å²) in [4.78, 5) is 12.5. The Morgan fingerprint density at radius 3 is 2.48 bits per heavy atom. The van der Waals surface area contributed by atoms with E-state index in [1.54, 1.807) is 18.2 Å². The van der Waals surface area contributed by atoms with Gasteiger partial charge in [-0.15, -0.1) is 0 Å². The molecule has 1 atom stereocenters. The van der Waals surface area contributed by atoms with Crippen LogP contribution >= 0.6 is 0 Å². The molecule has 1 N–H and O–H groups in total. The molecule has 0 saturated carbocycles. The largest absolute Gasteiger partial charge is 0.493 e. The van der Waals surface area contributed by atoms with Gasteiger partial charge >= 0.3 is 0 Å². The summed E-state index contributed by atoms with van der Waals surface area (Å²) in [6, 6.07) is 15.5. The van der Waals surface area contributed by atoms with E-state index in [1.807, 2.05) is 12.1 Å². The van der Waals surface area contributed by atoms with Crippen molar-refractivity contribution in [2.75, 3.05) is 13.7 Å². The lowest BCUT2D eigenvalue weighted by molar-refractivity contribution is -0.117. The van der Waals surface area contributed by atoms with Gasteiger partial charge in [0, 0.05) is 6.08 Å². The molecular weight excluding hydrogens is 364 g/mol. The Balaban J connectivity index is 2.09. The smallest absolute Gasteiger partial charge is 0.244 e. The zero-order chi connectivity index (χ0) is 21.2. The van der Waals surface area contributed by atoms with Crippen LogP contribution in [0.15, 0.2) is 48.5 Å². The van der Waals surface area contributed by atoms with Crippen LogP contribution in [0.3, 0.4) is 0 Å². The molecule has 0 fully saturated rings. The average Bonchev–Trinajstić information content (AvgIpc) is 2.74. The number of hydrogen-bond donors (Lipinski definition) is 1. The number of carbonyl (C=O) groups is 1. The highest BCUT2D eigenvalue weighted by atomic mass is 16.5. The Labute approximate surface area is 173 Å². The van der Waals surface area contributed by atoms with Gasteiger partial charge in [0.15, 0.2) is 18.1 Å². The molecule has 0 radical (unpaired) electrons. The lowest BCUT2D eigenvalue weighted by Crippen LogP contribution is -2.30. The van der Waals surface area contributed by atoms with Crippen molar-refractivity contribution in [2.45, 2.75) is 33.2 Å². The molecule has 1 unspecified atom stereocenters. The number of nitrogens with one attached hydrogen (secondary N) is 1. The van der Waals surface area contributed by atoms with Gasteiger partial charge in [-0.05, 0) is 47.2 Å². The van der Waals surface area contributed by atoms with Gasteiger partial charge in [0.1, 0.15) is 6.07 Å². The molecule has 0 aromatic heterocycles. The summed E-state index contributed by atoms with van der Waals surface area (Å²) in [5, 5.41) is 11.7. The fourth-order valence-corrected chi connectivity index (χ4v) is 2.99. The maximum absolute atomic E-state index is 12.5. The molecule has 5 heteroatoms. The molecule has 0 saturated heterocycles. The molecular formula is C24H28N2O3. The summed E-state index contributed by atoms with van der Waals surface area (Å²) in [7, 11) is 1.53. The van der Waals surface area contributed by atoms with Gasteiger partial charge in [-0.2, -0.15) is 5.26 Å². The second kappa shape index (κ2) is 10.9. The van der Waals surface area contributed by atoms with Gasteiger partial charge in [0.25, 0.3) is 0 Å². The second-order valence-corrected chi connectivity index (χ2v) is 7.02. The Kier molecular flexibility index (Phi) is 8.29. The number of benzene rings is 2. The fourth-order valence-electron chi connectivity index (χ4n) is 2.99. The van der Waals surface area contributed by atoms with Gasteiger partial charge in [-0.1, -0.05) is 51.1 Å². The maximum atomic E-state index is 12.5. The van der Waals surface area contributed by atoms with Crippen molar-refractivity contribution in [3.63, 3.8) is 0 Å². The SMILES string of the molecule is CCc1ccc(C(NC(=O)/C=C/c2ccc(OCC#N)c(OC)c2)C(C)C)cc1. The third kappa shape index (κ3) is 6.39. The number of amides is 1. The van der Waals surface area contributed by atoms with E-state index in [9.17, 15) is 4.79 Å². The molecule has 0 spiro atoms. The van der Waals surface area contributed by atoms with Crippen molar-refractivity contribution in [1.29, 1.82) is 5.26 Å². The number of carbonyl (C=O) groups excluding carboxylic acids is 1. The predicted octanol–water partition coefficient (Wildman–Crippen LogP) is 4.69. The van der Waals surface area contributed by atoms with Crippen molar-refractivity contribution in [2.24, 2.45) is 5.92 Å². The number of aryl methyl sites for hydroxylation is 1. The molecule has 0 aliphatic carbocycles. The first-order valence-corrected chi connectivity index (χ1v) is 9.73. The van der Waals surface area contributed by atoms with Crippen LogP contribution in [0.1, 0.15) is 43.5 Å². The highest BCUT2D eigenvalue weighted by Gasteiger charge is 2.17. The van der Waals surface area contributed by atoms with Crippen molar-refractivity contribution in [3.05, 3.63) is 65.2 Å². The summed E-state index contributed by atoms with van der Waals surface area (Å²) in [5.74, 6) is 1.11. The summed E-state index contributed by atoms with van der Waals surface area (Å²) in [6.45, 7) is 6.25. The first-order chi connectivity index (χ1) is 14.0. The molecule has 2 aromatic rings. The van der Waals surface area contributed by atoms with Crippen LogP contribution in [-0.2, 0) is 11.2 Å². The van der Waals surface area contributed by atoms with Gasteiger partial charge in [-0.3, -0.25) is 4.79 Å². The minimum absolute atomic E-state index is 0.0518. The van der Waals surface area contributed by atoms with Crippen LogP contribution in [0.2, 0.25) is 0 Å². The van der Waals surface area contributed by atoms with E-state index in [1.165, 1.54) is 18.7 Å². The lowest BCUT2D eigenvalue weighted by atomic mass is 9.95. The van der Waals surface area contributed by atoms with E-state index in [2.05, 4.69) is 50.4 Å². The van der Waals surface area contributed by atoms with Crippen molar-refractivity contribution in [3.8, 4) is 17.6 Å². The molecule has 2 rings (SSSR count). The number of ether oxygens (including phenoxy) is 2. The summed E-state index contributed by atoms with van der Waals surface area (Å²) in [5.41, 5.74) is 3.17. The highest BCUT2D eigenvalue weighted by molar-refractivity contribution is 5.92. The minimum atomic E-state index is -0.160. The van der Waals surface area contributed by atoms with E-state index in [0.717, 1.165) is 17.5 Å². The van der Waals surface area contributed by atoms with E-state index in [4.69, 9.17) is 14.7 Å². The molecule has 0 aliphatic heterocycles. The fraction of sp³-hybridized carbons (Fsp3) is 0.333. The molecule has 29 heavy (non-hydrogen) atoms. The number of nitrogens with zero attached hydrogens (tertiary/aromatic N) is 1. The first kappa shape index (κ1) is 22.0. The van der Waals surface area contributed by atoms with Crippen LogP contribution in [-0.4, -0.2) is 19.6 Å². The Bertz CT molecular complexity index is 880.